The summed E-state index contributed by atoms with van der Waals surface area (Å²) in [6, 6.07) is 15.8. The maximum atomic E-state index is 12.8. The minimum absolute atomic E-state index is 0.0227. The Labute approximate surface area is 159 Å². The van der Waals surface area contributed by atoms with Gasteiger partial charge in [-0.25, -0.2) is 0 Å². The van der Waals surface area contributed by atoms with Crippen molar-refractivity contribution >= 4 is 22.5 Å². The zero-order chi connectivity index (χ0) is 18.8. The van der Waals surface area contributed by atoms with Crippen LogP contribution in [0.2, 0.25) is 0 Å². The second-order valence-electron chi connectivity index (χ2n) is 7.46. The highest BCUT2D eigenvalue weighted by atomic mass is 16.4. The maximum absolute atomic E-state index is 12.8. The molecule has 1 unspecified atom stereocenters. The number of hydrogen-bond acceptors (Lipinski definition) is 4. The number of piperidine rings is 1. The Morgan fingerprint density at radius 3 is 2.52 bits per heavy atom. The minimum atomic E-state index is 0.0227. The quantitative estimate of drug-likeness (QED) is 0.687. The molecule has 2 aromatic carbocycles. The van der Waals surface area contributed by atoms with Gasteiger partial charge in [0.15, 0.2) is 11.3 Å². The molecule has 0 spiro atoms. The lowest BCUT2D eigenvalue weighted by atomic mass is 10.0. The van der Waals surface area contributed by atoms with Gasteiger partial charge in [0.05, 0.1) is 11.4 Å². The lowest BCUT2D eigenvalue weighted by Gasteiger charge is -2.27. The summed E-state index contributed by atoms with van der Waals surface area (Å²) in [7, 11) is 0. The summed E-state index contributed by atoms with van der Waals surface area (Å²) in [5.41, 5.74) is 3.87. The summed E-state index contributed by atoms with van der Waals surface area (Å²) in [6.45, 7) is 6.03. The normalized spacial score (nSPS) is 15.7. The second-order valence-corrected chi connectivity index (χ2v) is 7.46. The van der Waals surface area contributed by atoms with Crippen LogP contribution in [0.3, 0.4) is 0 Å². The number of nitrogens with zero attached hydrogens (tertiary/aromatic N) is 1. The van der Waals surface area contributed by atoms with E-state index >= 15 is 0 Å². The fourth-order valence-corrected chi connectivity index (χ4v) is 3.88. The van der Waals surface area contributed by atoms with Crippen LogP contribution in [0.5, 0.6) is 0 Å². The van der Waals surface area contributed by atoms with Crippen molar-refractivity contribution in [3.8, 4) is 0 Å². The first-order chi connectivity index (χ1) is 13.1. The molecule has 3 aromatic rings. The van der Waals surface area contributed by atoms with Crippen LogP contribution >= 0.6 is 0 Å². The zero-order valence-corrected chi connectivity index (χ0v) is 16.0. The second kappa shape index (κ2) is 7.47. The van der Waals surface area contributed by atoms with Gasteiger partial charge in [-0.1, -0.05) is 24.3 Å². The van der Waals surface area contributed by atoms with Gasteiger partial charge in [0.1, 0.15) is 5.58 Å². The number of para-hydroxylation sites is 1. The largest absolute Gasteiger partial charge is 0.440 e. The van der Waals surface area contributed by atoms with E-state index in [4.69, 9.17) is 4.42 Å². The van der Waals surface area contributed by atoms with Crippen molar-refractivity contribution in [2.24, 2.45) is 0 Å². The highest BCUT2D eigenvalue weighted by molar-refractivity contribution is 5.82. The van der Waals surface area contributed by atoms with Crippen molar-refractivity contribution < 1.29 is 4.42 Å². The molecule has 1 aliphatic heterocycles. The van der Waals surface area contributed by atoms with Crippen LogP contribution in [-0.2, 0) is 0 Å². The van der Waals surface area contributed by atoms with Crippen LogP contribution in [0.4, 0.5) is 11.6 Å². The van der Waals surface area contributed by atoms with Gasteiger partial charge >= 0.3 is 0 Å². The number of hydrogen-bond donors (Lipinski definition) is 1. The van der Waals surface area contributed by atoms with Crippen molar-refractivity contribution in [3.63, 3.8) is 0 Å². The molecular formula is C23H26N2O2. The summed E-state index contributed by atoms with van der Waals surface area (Å²) in [5, 5.41) is 4.18. The van der Waals surface area contributed by atoms with Crippen LogP contribution in [-0.4, -0.2) is 13.1 Å². The standard InChI is InChI=1S/C23H26N2O2/c1-16-13-19(17(2)24-18-9-5-3-6-10-18)23-20(14-16)21(26)15-22(27-23)25-11-7-4-8-12-25/h3,5-6,9-10,13-15,17,24H,4,7-8,11-12H2,1-2H3. The highest BCUT2D eigenvalue weighted by Gasteiger charge is 2.19. The van der Waals surface area contributed by atoms with E-state index in [1.54, 1.807) is 6.07 Å². The molecule has 1 aliphatic rings. The van der Waals surface area contributed by atoms with Gasteiger partial charge in [-0.15, -0.1) is 0 Å². The summed E-state index contributed by atoms with van der Waals surface area (Å²) in [5.74, 6) is 0.698. The molecule has 2 heterocycles. The van der Waals surface area contributed by atoms with Crippen molar-refractivity contribution in [1.29, 1.82) is 0 Å². The Morgan fingerprint density at radius 2 is 1.78 bits per heavy atom. The van der Waals surface area contributed by atoms with E-state index in [-0.39, 0.29) is 11.5 Å². The van der Waals surface area contributed by atoms with Crippen molar-refractivity contribution in [2.45, 2.75) is 39.2 Å². The SMILES string of the molecule is Cc1cc(C(C)Nc2ccccc2)c2oc(N3CCCCC3)cc(=O)c2c1. The predicted octanol–water partition coefficient (Wildman–Crippen LogP) is 5.26. The molecule has 4 nitrogen and oxygen atoms in total. The van der Waals surface area contributed by atoms with Gasteiger partial charge < -0.3 is 14.6 Å². The molecule has 1 fully saturated rings. The van der Waals surface area contributed by atoms with Crippen LogP contribution in [0.15, 0.2) is 57.7 Å². The summed E-state index contributed by atoms with van der Waals surface area (Å²) in [6.07, 6.45) is 3.54. The Hall–Kier alpha value is -2.75. The average molecular weight is 362 g/mol. The van der Waals surface area contributed by atoms with Crippen molar-refractivity contribution in [3.05, 3.63) is 69.9 Å². The highest BCUT2D eigenvalue weighted by Crippen LogP contribution is 2.30. The number of nitrogens with one attached hydrogen (secondary N) is 1. The molecule has 0 amide bonds. The van der Waals surface area contributed by atoms with E-state index in [0.29, 0.717) is 16.9 Å². The van der Waals surface area contributed by atoms with Crippen LogP contribution in [0.25, 0.3) is 11.0 Å². The molecule has 140 valence electrons. The fourth-order valence-electron chi connectivity index (χ4n) is 3.88. The first kappa shape index (κ1) is 17.7. The van der Waals surface area contributed by atoms with Gasteiger partial charge in [-0.3, -0.25) is 4.79 Å². The van der Waals surface area contributed by atoms with E-state index in [2.05, 4.69) is 23.2 Å². The molecule has 0 aliphatic carbocycles. The minimum Gasteiger partial charge on any atom is -0.440 e. The summed E-state index contributed by atoms with van der Waals surface area (Å²) >= 11 is 0. The van der Waals surface area contributed by atoms with Crippen molar-refractivity contribution in [2.75, 3.05) is 23.3 Å². The molecular weight excluding hydrogens is 336 g/mol. The van der Waals surface area contributed by atoms with E-state index in [1.165, 1.54) is 6.42 Å². The van der Waals surface area contributed by atoms with Gasteiger partial charge in [-0.05, 0) is 56.9 Å². The van der Waals surface area contributed by atoms with Crippen molar-refractivity contribution in [1.82, 2.24) is 0 Å². The van der Waals surface area contributed by atoms with E-state index in [0.717, 1.165) is 42.7 Å². The zero-order valence-electron chi connectivity index (χ0n) is 16.0. The van der Waals surface area contributed by atoms with Gasteiger partial charge in [0, 0.05) is 30.4 Å². The lowest BCUT2D eigenvalue weighted by Crippen LogP contribution is -2.30. The lowest BCUT2D eigenvalue weighted by molar-refractivity contribution is 0.510. The van der Waals surface area contributed by atoms with Gasteiger partial charge in [0.2, 0.25) is 0 Å². The third kappa shape index (κ3) is 3.70. The van der Waals surface area contributed by atoms with Crippen LogP contribution < -0.4 is 15.6 Å². The summed E-state index contributed by atoms with van der Waals surface area (Å²) < 4.78 is 6.31. The smallest absolute Gasteiger partial charge is 0.200 e. The van der Waals surface area contributed by atoms with Gasteiger partial charge in [-0.2, -0.15) is 0 Å². The summed E-state index contributed by atoms with van der Waals surface area (Å²) in [4.78, 5) is 15.0. The predicted molar refractivity (Wildman–Crippen MR) is 112 cm³/mol. The Morgan fingerprint density at radius 1 is 1.04 bits per heavy atom. The van der Waals surface area contributed by atoms with Crippen LogP contribution in [0.1, 0.15) is 43.4 Å². The molecule has 4 heteroatoms. The number of aryl methyl sites for hydroxylation is 1. The molecule has 27 heavy (non-hydrogen) atoms. The first-order valence-corrected chi connectivity index (χ1v) is 9.77. The van der Waals surface area contributed by atoms with E-state index in [1.807, 2.05) is 43.3 Å². The first-order valence-electron chi connectivity index (χ1n) is 9.77. The molecule has 1 aromatic heterocycles. The van der Waals surface area contributed by atoms with Gasteiger partial charge in [0.25, 0.3) is 0 Å². The maximum Gasteiger partial charge on any atom is 0.200 e. The number of rotatable bonds is 4. The van der Waals surface area contributed by atoms with E-state index in [9.17, 15) is 4.79 Å². The molecule has 0 bridgehead atoms. The van der Waals surface area contributed by atoms with E-state index < -0.39 is 0 Å². The Balaban J connectivity index is 1.78. The molecule has 1 saturated heterocycles. The number of benzene rings is 2. The topological polar surface area (TPSA) is 45.5 Å². The Bertz CT molecular complexity index is 988. The Kier molecular flexibility index (Phi) is 4.88. The molecule has 0 radical (unpaired) electrons. The third-order valence-corrected chi connectivity index (χ3v) is 5.28. The molecule has 4 rings (SSSR count). The fraction of sp³-hybridized carbons (Fsp3) is 0.348. The molecule has 1 atom stereocenters. The third-order valence-electron chi connectivity index (χ3n) is 5.28. The molecule has 0 saturated carbocycles. The monoisotopic (exact) mass is 362 g/mol. The molecule has 1 N–H and O–H groups in total. The number of anilines is 2. The number of fused-ring (bicyclic) bond motifs is 1. The average Bonchev–Trinajstić information content (AvgIpc) is 2.69. The van der Waals surface area contributed by atoms with Crippen LogP contribution in [0, 0.1) is 6.92 Å².